The monoisotopic (exact) mass is 283 g/mol. The third-order valence-electron chi connectivity index (χ3n) is 4.25. The Bertz CT molecular complexity index is 491. The summed E-state index contributed by atoms with van der Waals surface area (Å²) in [5.41, 5.74) is 0.0803. The van der Waals surface area contributed by atoms with Gasteiger partial charge in [-0.15, -0.1) is 0 Å². The predicted molar refractivity (Wildman–Crippen MR) is 73.9 cm³/mol. The maximum absolute atomic E-state index is 13.4. The molecule has 1 aliphatic heterocycles. The zero-order valence-electron chi connectivity index (χ0n) is 11.1. The number of benzene rings is 1. The molecule has 0 radical (unpaired) electrons. The number of likely N-dealkylation sites (tertiary alicyclic amines) is 1. The summed E-state index contributed by atoms with van der Waals surface area (Å²) < 4.78 is 13.4. The summed E-state index contributed by atoms with van der Waals surface area (Å²) in [6, 6.07) is 5.87. The second kappa shape index (κ2) is 4.72. The molecule has 1 aromatic rings. The molecule has 2 nitrogen and oxygen atoms in total. The molecule has 0 spiro atoms. The van der Waals surface area contributed by atoms with Crippen molar-refractivity contribution in [2.45, 2.75) is 50.3 Å². The normalized spacial score (nSPS) is 31.9. The van der Waals surface area contributed by atoms with Crippen molar-refractivity contribution in [3.05, 3.63) is 34.6 Å². The maximum Gasteiger partial charge on any atom is 0.142 e. The Morgan fingerprint density at radius 2 is 2.21 bits per heavy atom. The summed E-state index contributed by atoms with van der Waals surface area (Å²) in [6.45, 7) is 2.86. The lowest BCUT2D eigenvalue weighted by Gasteiger charge is -2.24. The number of hydrogen-bond acceptors (Lipinski definition) is 2. The number of halogens is 2. The van der Waals surface area contributed by atoms with Gasteiger partial charge in [-0.3, -0.25) is 4.90 Å². The molecule has 2 atom stereocenters. The fourth-order valence-electron chi connectivity index (χ4n) is 3.28. The molecule has 1 heterocycles. The smallest absolute Gasteiger partial charge is 0.142 e. The van der Waals surface area contributed by atoms with Gasteiger partial charge in [0.25, 0.3) is 0 Å². The van der Waals surface area contributed by atoms with Crippen molar-refractivity contribution in [3.8, 4) is 0 Å². The van der Waals surface area contributed by atoms with Gasteiger partial charge in [0.1, 0.15) is 5.82 Å². The molecule has 2 unspecified atom stereocenters. The standard InChI is InChI=1S/C15H19ClFNO/c1-10-7-15(19,9-18(10)12-3-4-12)8-11-2-5-13(16)14(17)6-11/h2,5-6,10,12,19H,3-4,7-9H2,1H3. The molecule has 2 aliphatic rings. The Morgan fingerprint density at radius 1 is 1.47 bits per heavy atom. The van der Waals surface area contributed by atoms with Crippen molar-refractivity contribution in [2.24, 2.45) is 0 Å². The van der Waals surface area contributed by atoms with Crippen LogP contribution < -0.4 is 0 Å². The topological polar surface area (TPSA) is 23.5 Å². The van der Waals surface area contributed by atoms with Gasteiger partial charge in [-0.1, -0.05) is 17.7 Å². The first kappa shape index (κ1) is 13.3. The Balaban J connectivity index is 1.73. The Kier molecular flexibility index (Phi) is 3.32. The molecule has 0 aromatic heterocycles. The first-order valence-corrected chi connectivity index (χ1v) is 7.27. The molecule has 3 rings (SSSR count). The van der Waals surface area contributed by atoms with Crippen molar-refractivity contribution in [1.29, 1.82) is 0 Å². The van der Waals surface area contributed by atoms with Crippen molar-refractivity contribution in [3.63, 3.8) is 0 Å². The van der Waals surface area contributed by atoms with Crippen LogP contribution in [-0.2, 0) is 6.42 Å². The van der Waals surface area contributed by atoms with Gasteiger partial charge >= 0.3 is 0 Å². The van der Waals surface area contributed by atoms with E-state index in [9.17, 15) is 9.50 Å². The fourth-order valence-corrected chi connectivity index (χ4v) is 3.40. The van der Waals surface area contributed by atoms with E-state index in [1.165, 1.54) is 18.9 Å². The van der Waals surface area contributed by atoms with Gasteiger partial charge < -0.3 is 5.11 Å². The number of rotatable bonds is 3. The van der Waals surface area contributed by atoms with E-state index in [4.69, 9.17) is 11.6 Å². The van der Waals surface area contributed by atoms with E-state index in [-0.39, 0.29) is 5.02 Å². The highest BCUT2D eigenvalue weighted by molar-refractivity contribution is 6.30. The van der Waals surface area contributed by atoms with Gasteiger partial charge in [-0.05, 0) is 43.9 Å². The minimum Gasteiger partial charge on any atom is -0.388 e. The van der Waals surface area contributed by atoms with Crippen LogP contribution in [0, 0.1) is 5.82 Å². The second-order valence-electron chi connectivity index (χ2n) is 6.11. The third-order valence-corrected chi connectivity index (χ3v) is 4.56. The largest absolute Gasteiger partial charge is 0.388 e. The molecule has 2 fully saturated rings. The summed E-state index contributed by atoms with van der Waals surface area (Å²) in [7, 11) is 0. The SMILES string of the molecule is CC1CC(O)(Cc2ccc(Cl)c(F)c2)CN1C1CC1. The summed E-state index contributed by atoms with van der Waals surface area (Å²) in [6.07, 6.45) is 3.74. The summed E-state index contributed by atoms with van der Waals surface area (Å²) in [5, 5.41) is 10.9. The van der Waals surface area contributed by atoms with E-state index in [1.807, 2.05) is 0 Å². The van der Waals surface area contributed by atoms with E-state index < -0.39 is 11.4 Å². The van der Waals surface area contributed by atoms with Crippen LogP contribution in [0.4, 0.5) is 4.39 Å². The number of aliphatic hydroxyl groups is 1. The highest BCUT2D eigenvalue weighted by atomic mass is 35.5. The molecule has 0 amide bonds. The quantitative estimate of drug-likeness (QED) is 0.922. The molecule has 19 heavy (non-hydrogen) atoms. The van der Waals surface area contributed by atoms with Gasteiger partial charge in [0.2, 0.25) is 0 Å². The molecule has 1 aromatic carbocycles. The zero-order chi connectivity index (χ0) is 13.6. The van der Waals surface area contributed by atoms with E-state index in [0.717, 1.165) is 12.0 Å². The zero-order valence-corrected chi connectivity index (χ0v) is 11.8. The maximum atomic E-state index is 13.4. The van der Waals surface area contributed by atoms with Crippen LogP contribution >= 0.6 is 11.6 Å². The van der Waals surface area contributed by atoms with Crippen LogP contribution in [-0.4, -0.2) is 34.2 Å². The third kappa shape index (κ3) is 2.78. The first-order valence-electron chi connectivity index (χ1n) is 6.89. The van der Waals surface area contributed by atoms with Gasteiger partial charge in [-0.25, -0.2) is 4.39 Å². The van der Waals surface area contributed by atoms with Gasteiger partial charge in [0.05, 0.1) is 10.6 Å². The van der Waals surface area contributed by atoms with Crippen molar-refractivity contribution < 1.29 is 9.50 Å². The molecule has 104 valence electrons. The molecule has 1 aliphatic carbocycles. The van der Waals surface area contributed by atoms with Gasteiger partial charge in [0, 0.05) is 25.0 Å². The first-order chi connectivity index (χ1) is 8.97. The van der Waals surface area contributed by atoms with Crippen LogP contribution in [0.3, 0.4) is 0 Å². The van der Waals surface area contributed by atoms with Crippen LogP contribution in [0.5, 0.6) is 0 Å². The highest BCUT2D eigenvalue weighted by Crippen LogP contribution is 2.38. The number of nitrogens with zero attached hydrogens (tertiary/aromatic N) is 1. The molecule has 0 bridgehead atoms. The molecular formula is C15H19ClFNO. The lowest BCUT2D eigenvalue weighted by Crippen LogP contribution is -2.36. The van der Waals surface area contributed by atoms with Crippen LogP contribution in [0.15, 0.2) is 18.2 Å². The molecular weight excluding hydrogens is 265 g/mol. The predicted octanol–water partition coefficient (Wildman–Crippen LogP) is 3.01. The average Bonchev–Trinajstić information content (AvgIpc) is 3.11. The molecule has 1 saturated heterocycles. The summed E-state index contributed by atoms with van der Waals surface area (Å²) in [4.78, 5) is 2.40. The molecule has 1 saturated carbocycles. The minimum atomic E-state index is -0.734. The van der Waals surface area contributed by atoms with E-state index in [0.29, 0.717) is 25.0 Å². The van der Waals surface area contributed by atoms with E-state index in [1.54, 1.807) is 12.1 Å². The van der Waals surface area contributed by atoms with E-state index in [2.05, 4.69) is 11.8 Å². The van der Waals surface area contributed by atoms with Crippen LogP contribution in [0.1, 0.15) is 31.7 Å². The van der Waals surface area contributed by atoms with Gasteiger partial charge in [0.15, 0.2) is 0 Å². The lowest BCUT2D eigenvalue weighted by atomic mass is 9.92. The molecule has 1 N–H and O–H groups in total. The van der Waals surface area contributed by atoms with Gasteiger partial charge in [-0.2, -0.15) is 0 Å². The van der Waals surface area contributed by atoms with Crippen molar-refractivity contribution in [1.82, 2.24) is 4.90 Å². The Labute approximate surface area is 118 Å². The van der Waals surface area contributed by atoms with Crippen LogP contribution in [0.25, 0.3) is 0 Å². The van der Waals surface area contributed by atoms with Crippen LogP contribution in [0.2, 0.25) is 5.02 Å². The fraction of sp³-hybridized carbons (Fsp3) is 0.600. The lowest BCUT2D eigenvalue weighted by molar-refractivity contribution is 0.0486. The number of hydrogen-bond donors (Lipinski definition) is 1. The summed E-state index contributed by atoms with van der Waals surface area (Å²) in [5.74, 6) is -0.409. The van der Waals surface area contributed by atoms with Crippen molar-refractivity contribution >= 4 is 11.6 Å². The number of β-amino-alcohol motifs (C(OH)–C–C–N with tert-alkyl or cyclic N) is 1. The average molecular weight is 284 g/mol. The van der Waals surface area contributed by atoms with E-state index >= 15 is 0 Å². The van der Waals surface area contributed by atoms with Crippen molar-refractivity contribution in [2.75, 3.05) is 6.54 Å². The Hall–Kier alpha value is -0.640. The molecule has 4 heteroatoms. The second-order valence-corrected chi connectivity index (χ2v) is 6.51. The highest BCUT2D eigenvalue weighted by Gasteiger charge is 2.45. The minimum absolute atomic E-state index is 0.134. The summed E-state index contributed by atoms with van der Waals surface area (Å²) >= 11 is 5.68. The Morgan fingerprint density at radius 3 is 2.84 bits per heavy atom.